The Bertz CT molecular complexity index is 6710. The van der Waals surface area contributed by atoms with Crippen LogP contribution in [0.5, 0.6) is 0 Å². The zero-order chi connectivity index (χ0) is 87.0. The first-order chi connectivity index (χ1) is 55.2. The Labute approximate surface area is 613 Å². The molecule has 0 radical (unpaired) electrons. The fraction of sp³-hybridized carbons (Fsp3) is 0.273. The number of para-hydroxylation sites is 1. The largest absolute Gasteiger partial charge is 0.454 e. The molecule has 504 valence electrons. The van der Waals surface area contributed by atoms with E-state index in [1.165, 1.54) is 27.0 Å². The SMILES string of the molecule is [2H]C([2H])([2H])C([2H])(C)c1ccc2oc3ccc(C)c(-c4ccc(C)c[n+]4C)c3c2n1.[2H]C([2H])([2H])C([2H])(C)c1nc(C)c(-c2ccc(C)c[n+]2C)c2c1oc1ccccc12.[2H]C([2H])([2H])c1ccc(-c2c(C)ccc3oc4cnc(C([2H])(C)C([2H])([2H])[2H])cc4c23)[n+](C)c1.[2H]C([2H])([2H])c1ccc(-c2c(C)ccc3oc4nc(C([2H])(C)C)ccc4c23)[n+](C)c1. The summed E-state index contributed by atoms with van der Waals surface area (Å²) in [5.74, 6) is -6.43. The summed E-state index contributed by atoms with van der Waals surface area (Å²) in [7, 11) is 7.61. The molecule has 12 nitrogen and oxygen atoms in total. The summed E-state index contributed by atoms with van der Waals surface area (Å²) < 4.78 is 182. The Hall–Kier alpha value is -10.7. The monoisotopic (exact) mass is 1340 g/mol. The molecule has 12 heterocycles. The van der Waals surface area contributed by atoms with E-state index in [9.17, 15) is 0 Å². The molecule has 0 amide bonds. The maximum Gasteiger partial charge on any atom is 0.227 e. The number of aromatic nitrogens is 8. The minimum atomic E-state index is -2.55. The molecular weight excluding hydrogens is 1230 g/mol. The summed E-state index contributed by atoms with van der Waals surface area (Å²) in [5.41, 5.74) is 20.2. The van der Waals surface area contributed by atoms with Crippen LogP contribution in [0.3, 0.4) is 0 Å². The minimum Gasteiger partial charge on any atom is -0.454 e. The lowest BCUT2D eigenvalue weighted by Crippen LogP contribution is -2.31. The highest BCUT2D eigenvalue weighted by Crippen LogP contribution is 2.43. The number of benzene rings is 4. The lowest BCUT2D eigenvalue weighted by Gasteiger charge is -2.11. The van der Waals surface area contributed by atoms with Crippen LogP contribution in [-0.4, -0.2) is 19.9 Å². The fourth-order valence-corrected chi connectivity index (χ4v) is 13.5. The minimum absolute atomic E-state index is 0.127. The Kier molecular flexibility index (Phi) is 13.1. The average molecular weight is 1340 g/mol. The van der Waals surface area contributed by atoms with E-state index in [0.717, 1.165) is 105 Å². The molecule has 0 saturated heterocycles. The van der Waals surface area contributed by atoms with Crippen LogP contribution in [-0.2, 0) is 28.2 Å². The Morgan fingerprint density at radius 2 is 0.860 bits per heavy atom. The van der Waals surface area contributed by atoms with E-state index in [0.29, 0.717) is 72.6 Å². The van der Waals surface area contributed by atoms with Crippen molar-refractivity contribution in [3.05, 3.63) is 238 Å². The quantitative estimate of drug-likeness (QED) is 0.138. The van der Waals surface area contributed by atoms with Gasteiger partial charge in [-0.05, 0) is 174 Å². The molecule has 0 spiro atoms. The van der Waals surface area contributed by atoms with E-state index in [1.807, 2.05) is 169 Å². The average Bonchev–Trinajstić information content (AvgIpc) is 1.60. The van der Waals surface area contributed by atoms with E-state index in [1.54, 1.807) is 74.3 Å². The van der Waals surface area contributed by atoms with Crippen LogP contribution in [0.2, 0.25) is 0 Å². The van der Waals surface area contributed by atoms with Gasteiger partial charge < -0.3 is 17.7 Å². The third-order valence-corrected chi connectivity index (χ3v) is 18.3. The molecule has 0 aliphatic rings. The predicted octanol–water partition coefficient (Wildman–Crippen LogP) is 20.9. The van der Waals surface area contributed by atoms with Crippen molar-refractivity contribution in [2.75, 3.05) is 0 Å². The van der Waals surface area contributed by atoms with E-state index in [4.69, 9.17) is 43.7 Å². The lowest BCUT2D eigenvalue weighted by atomic mass is 9.97. The molecule has 0 aliphatic carbocycles. The second-order valence-electron chi connectivity index (χ2n) is 26.2. The van der Waals surface area contributed by atoms with Crippen LogP contribution in [0.4, 0.5) is 0 Å². The lowest BCUT2D eigenvalue weighted by molar-refractivity contribution is -0.660. The zero-order valence-electron chi connectivity index (χ0n) is 77.9. The molecule has 4 aromatic carbocycles. The van der Waals surface area contributed by atoms with Crippen molar-refractivity contribution in [1.29, 1.82) is 0 Å². The van der Waals surface area contributed by atoms with Crippen LogP contribution < -0.4 is 18.3 Å². The molecular formula is C88H92N8O4+4. The first-order valence-corrected chi connectivity index (χ1v) is 33.0. The van der Waals surface area contributed by atoms with E-state index in [2.05, 4.69) is 42.8 Å². The van der Waals surface area contributed by atoms with Crippen molar-refractivity contribution in [3.63, 3.8) is 0 Å². The topological polar surface area (TPSA) is 120 Å². The second-order valence-corrected chi connectivity index (χ2v) is 26.2. The van der Waals surface area contributed by atoms with Gasteiger partial charge in [0, 0.05) is 122 Å². The number of rotatable bonds is 8. The number of nitrogens with zero attached hydrogens (tertiary/aromatic N) is 8. The van der Waals surface area contributed by atoms with Gasteiger partial charge in [0.1, 0.15) is 56.0 Å². The summed E-state index contributed by atoms with van der Waals surface area (Å²) in [6.45, 7) is 7.67. The van der Waals surface area contributed by atoms with E-state index < -0.39 is 57.8 Å². The first kappa shape index (κ1) is 48.1. The molecule has 16 rings (SSSR count). The van der Waals surface area contributed by atoms with Gasteiger partial charge in [0.05, 0.1) is 45.2 Å². The Balaban J connectivity index is 0.000000137. The van der Waals surface area contributed by atoms with Crippen LogP contribution in [0.1, 0.15) is 172 Å². The molecule has 12 aromatic heterocycles. The second kappa shape index (κ2) is 27.2. The molecule has 0 bridgehead atoms. The van der Waals surface area contributed by atoms with Gasteiger partial charge in [-0.1, -0.05) is 91.6 Å². The van der Waals surface area contributed by atoms with Crippen molar-refractivity contribution >= 4 is 88.0 Å². The van der Waals surface area contributed by atoms with Gasteiger partial charge in [-0.15, -0.1) is 0 Å². The van der Waals surface area contributed by atoms with Crippen LogP contribution >= 0.6 is 0 Å². The molecule has 0 fully saturated rings. The van der Waals surface area contributed by atoms with Crippen LogP contribution in [0.15, 0.2) is 188 Å². The van der Waals surface area contributed by atoms with Crippen molar-refractivity contribution in [1.82, 2.24) is 19.9 Å². The van der Waals surface area contributed by atoms with Gasteiger partial charge >= 0.3 is 0 Å². The highest BCUT2D eigenvalue weighted by atomic mass is 16.3. The summed E-state index contributed by atoms with van der Waals surface area (Å²) >= 11 is 0. The number of aryl methyl sites for hydroxylation is 12. The highest BCUT2D eigenvalue weighted by Gasteiger charge is 2.28. The number of furan rings is 4. The number of hydrogen-bond acceptors (Lipinski definition) is 8. The van der Waals surface area contributed by atoms with E-state index >= 15 is 0 Å². The number of fused-ring (bicyclic) bond motifs is 12. The Morgan fingerprint density at radius 3 is 1.43 bits per heavy atom. The summed E-state index contributed by atoms with van der Waals surface area (Å²) in [4.78, 5) is 18.0. The normalized spacial score (nSPS) is 17.1. The maximum absolute atomic E-state index is 8.63. The number of hydrogen-bond donors (Lipinski definition) is 0. The zero-order valence-corrected chi connectivity index (χ0v) is 58.9. The molecule has 3 unspecified atom stereocenters. The third-order valence-electron chi connectivity index (χ3n) is 18.3. The van der Waals surface area contributed by atoms with Crippen molar-refractivity contribution in [2.45, 2.75) is 134 Å². The van der Waals surface area contributed by atoms with Gasteiger partial charge in [-0.25, -0.2) is 28.2 Å². The molecule has 0 N–H and O–H groups in total. The molecule has 3 atom stereocenters. The van der Waals surface area contributed by atoms with Gasteiger partial charge in [-0.3, -0.25) is 9.97 Å². The van der Waals surface area contributed by atoms with Crippen LogP contribution in [0.25, 0.3) is 133 Å². The van der Waals surface area contributed by atoms with E-state index in [-0.39, 0.29) is 22.6 Å². The van der Waals surface area contributed by atoms with Crippen molar-refractivity contribution in [3.8, 4) is 45.0 Å². The first-order valence-electron chi connectivity index (χ1n) is 42.5. The summed E-state index contributed by atoms with van der Waals surface area (Å²) in [5, 5.41) is 5.76. The molecule has 12 heteroatoms. The van der Waals surface area contributed by atoms with Gasteiger partial charge in [0.25, 0.3) is 0 Å². The maximum atomic E-state index is 8.63. The summed E-state index contributed by atoms with van der Waals surface area (Å²) in [6, 6.07) is 43.0. The molecule has 16 aromatic rings. The summed E-state index contributed by atoms with van der Waals surface area (Å²) in [6.07, 6.45) is 8.80. The third kappa shape index (κ3) is 12.7. The standard InChI is InChI=1S/4C22H23N2O/c1-13(2)17-9-8-16-21-19(25-22(16)23-17)11-7-15(4)20(21)18-10-6-14(3)12-24(18)5;1-13(2)16-8-11-19-22(23-16)21-18(25-19)10-7-15(4)20(21)17-9-6-14(3)12-24(17)5;1-13(2)17-10-16-20(11-23-17)25-19-9-7-15(4)21(22(16)19)18-8-6-14(3)12-24(18)5;1-13(2)21-22-20(16-8-6-7-9-18(16)25-22)19(15(4)23-21)17-11-10-14(3)12-24(17)5/h4*6-13H,1-5H3/q4*+1/i3D3,13D;1D3,13D;1D3,3D3,13D;1D3,13D. The highest BCUT2D eigenvalue weighted by molar-refractivity contribution is 6.15. The van der Waals surface area contributed by atoms with Gasteiger partial charge in [-0.2, -0.15) is 0 Å². The Morgan fingerprint density at radius 1 is 0.380 bits per heavy atom. The molecule has 100 heavy (non-hydrogen) atoms. The smallest absolute Gasteiger partial charge is 0.227 e. The van der Waals surface area contributed by atoms with Crippen LogP contribution in [0, 0.1) is 55.2 Å². The van der Waals surface area contributed by atoms with Gasteiger partial charge in [0.15, 0.2) is 41.5 Å². The van der Waals surface area contributed by atoms with Gasteiger partial charge in [0.2, 0.25) is 28.5 Å². The van der Waals surface area contributed by atoms with Crippen molar-refractivity contribution < 1.29 is 62.0 Å². The van der Waals surface area contributed by atoms with Crippen molar-refractivity contribution in [2.24, 2.45) is 28.2 Å². The predicted molar refractivity (Wildman–Crippen MR) is 407 cm³/mol. The fourth-order valence-electron chi connectivity index (χ4n) is 13.5. The molecule has 0 aliphatic heterocycles. The molecule has 0 saturated carbocycles. The number of pyridine rings is 8.